The average Bonchev–Trinajstić information content (AvgIpc) is 3.55. The Kier molecular flexibility index (Phi) is 6.77. The third-order valence-corrected chi connectivity index (χ3v) is 7.96. The number of nitrogens with zero attached hydrogens (tertiary/aromatic N) is 3. The van der Waals surface area contributed by atoms with E-state index in [1.54, 1.807) is 24.3 Å². The van der Waals surface area contributed by atoms with Gasteiger partial charge in [0.1, 0.15) is 0 Å². The zero-order valence-corrected chi connectivity index (χ0v) is 20.5. The first-order valence-corrected chi connectivity index (χ1v) is 13.4. The number of rotatable bonds is 7. The minimum Gasteiger partial charge on any atom is -0.449 e. The molecule has 1 amide bonds. The third kappa shape index (κ3) is 6.12. The second-order valence-electron chi connectivity index (χ2n) is 9.85. The lowest BCUT2D eigenvalue weighted by Gasteiger charge is -2.36. The van der Waals surface area contributed by atoms with Gasteiger partial charge >= 0.3 is 6.09 Å². The number of aromatic nitrogens is 1. The predicted octanol–water partition coefficient (Wildman–Crippen LogP) is 3.99. The molecule has 4 rings (SSSR count). The van der Waals surface area contributed by atoms with Gasteiger partial charge in [-0.25, -0.2) is 13.2 Å². The number of hydrogen-bond donors (Lipinski definition) is 0. The first kappa shape index (κ1) is 23.7. The number of pyridine rings is 1. The van der Waals surface area contributed by atoms with Gasteiger partial charge in [-0.3, -0.25) is 9.88 Å². The third-order valence-electron chi connectivity index (χ3n) is 6.83. The molecule has 2 fully saturated rings. The quantitative estimate of drug-likeness (QED) is 0.608. The molecule has 1 aliphatic carbocycles. The van der Waals surface area contributed by atoms with Gasteiger partial charge < -0.3 is 9.64 Å². The van der Waals surface area contributed by atoms with Crippen LogP contribution in [0.25, 0.3) is 11.3 Å². The molecule has 1 aromatic carbocycles. The van der Waals surface area contributed by atoms with Crippen molar-refractivity contribution >= 4 is 15.9 Å². The first-order valence-electron chi connectivity index (χ1n) is 11.5. The van der Waals surface area contributed by atoms with E-state index in [0.29, 0.717) is 17.5 Å². The van der Waals surface area contributed by atoms with E-state index in [9.17, 15) is 13.2 Å². The lowest BCUT2D eigenvalue weighted by Crippen LogP contribution is -2.45. The summed E-state index contributed by atoms with van der Waals surface area (Å²) in [7, 11) is -1.09. The number of amides is 1. The number of carbonyl (C=O) groups excluding carboxylic acids is 1. The van der Waals surface area contributed by atoms with E-state index in [0.717, 1.165) is 62.1 Å². The standard InChI is InChI=1S/C25H33N3O4S/c1-25(12-13-25)18-32-24(29)28-14-10-21(11-15-28)27(2)17-19-4-9-23(26-16-19)20-5-7-22(8-6-20)33(3,30)31/h4-9,16,21H,10-15,17-18H2,1-3H3. The Labute approximate surface area is 196 Å². The molecule has 2 heterocycles. The summed E-state index contributed by atoms with van der Waals surface area (Å²) in [6.45, 7) is 4.94. The molecule has 0 N–H and O–H groups in total. The van der Waals surface area contributed by atoms with Gasteiger partial charge in [-0.1, -0.05) is 25.1 Å². The minimum atomic E-state index is -3.20. The number of carbonyl (C=O) groups is 1. The Morgan fingerprint density at radius 3 is 2.36 bits per heavy atom. The van der Waals surface area contributed by atoms with Crippen LogP contribution in [0.2, 0.25) is 0 Å². The van der Waals surface area contributed by atoms with E-state index in [-0.39, 0.29) is 11.5 Å². The molecule has 2 aliphatic rings. The smallest absolute Gasteiger partial charge is 0.409 e. The van der Waals surface area contributed by atoms with Crippen molar-refractivity contribution in [2.24, 2.45) is 5.41 Å². The van der Waals surface area contributed by atoms with Gasteiger partial charge in [-0.15, -0.1) is 0 Å². The lowest BCUT2D eigenvalue weighted by molar-refractivity contribution is 0.0649. The van der Waals surface area contributed by atoms with Gasteiger partial charge in [0.25, 0.3) is 0 Å². The van der Waals surface area contributed by atoms with Crippen LogP contribution in [0.15, 0.2) is 47.5 Å². The summed E-state index contributed by atoms with van der Waals surface area (Å²) in [5, 5.41) is 0. The molecule has 0 unspecified atom stereocenters. The topological polar surface area (TPSA) is 79.8 Å². The fraction of sp³-hybridized carbons (Fsp3) is 0.520. The molecule has 0 bridgehead atoms. The molecule has 0 spiro atoms. The second-order valence-corrected chi connectivity index (χ2v) is 11.9. The summed E-state index contributed by atoms with van der Waals surface area (Å²) < 4.78 is 28.8. The van der Waals surface area contributed by atoms with Crippen LogP contribution >= 0.6 is 0 Å². The monoisotopic (exact) mass is 471 g/mol. The van der Waals surface area contributed by atoms with E-state index < -0.39 is 9.84 Å². The molecule has 1 saturated heterocycles. The molecular formula is C25H33N3O4S. The molecule has 33 heavy (non-hydrogen) atoms. The molecule has 8 heteroatoms. The van der Waals surface area contributed by atoms with Crippen LogP contribution in [0.4, 0.5) is 4.79 Å². The van der Waals surface area contributed by atoms with Crippen LogP contribution in [0.1, 0.15) is 38.2 Å². The van der Waals surface area contributed by atoms with Crippen molar-refractivity contribution in [3.05, 3.63) is 48.2 Å². The molecule has 1 aliphatic heterocycles. The Morgan fingerprint density at radius 1 is 1.15 bits per heavy atom. The molecule has 1 saturated carbocycles. The van der Waals surface area contributed by atoms with Gasteiger partial charge in [0.15, 0.2) is 9.84 Å². The zero-order valence-electron chi connectivity index (χ0n) is 19.7. The Balaban J connectivity index is 1.26. The van der Waals surface area contributed by atoms with Gasteiger partial charge in [-0.2, -0.15) is 0 Å². The van der Waals surface area contributed by atoms with E-state index in [1.807, 2.05) is 17.2 Å². The number of piperidine rings is 1. The van der Waals surface area contributed by atoms with Crippen molar-refractivity contribution in [1.29, 1.82) is 0 Å². The largest absolute Gasteiger partial charge is 0.449 e. The number of benzene rings is 1. The van der Waals surface area contributed by atoms with Crippen LogP contribution in [0, 0.1) is 5.41 Å². The molecule has 1 aromatic heterocycles. The van der Waals surface area contributed by atoms with E-state index in [1.165, 1.54) is 6.26 Å². The zero-order chi connectivity index (χ0) is 23.6. The highest BCUT2D eigenvalue weighted by atomic mass is 32.2. The summed E-state index contributed by atoms with van der Waals surface area (Å²) >= 11 is 0. The van der Waals surface area contributed by atoms with Gasteiger partial charge in [-0.05, 0) is 56.5 Å². The molecule has 178 valence electrons. The fourth-order valence-electron chi connectivity index (χ4n) is 4.15. The normalized spacial score (nSPS) is 18.4. The van der Waals surface area contributed by atoms with Gasteiger partial charge in [0.05, 0.1) is 17.2 Å². The summed E-state index contributed by atoms with van der Waals surface area (Å²) in [5.74, 6) is 0. The van der Waals surface area contributed by atoms with Crippen LogP contribution < -0.4 is 0 Å². The average molecular weight is 472 g/mol. The number of ether oxygens (including phenoxy) is 1. The van der Waals surface area contributed by atoms with Crippen LogP contribution in [-0.2, 0) is 21.1 Å². The van der Waals surface area contributed by atoms with Crippen LogP contribution in [0.5, 0.6) is 0 Å². The molecule has 0 radical (unpaired) electrons. The summed E-state index contributed by atoms with van der Waals surface area (Å²) in [6, 6.07) is 11.2. The Hall–Kier alpha value is -2.45. The first-order chi connectivity index (χ1) is 15.6. The van der Waals surface area contributed by atoms with Crippen molar-refractivity contribution in [2.45, 2.75) is 50.1 Å². The fourth-order valence-corrected chi connectivity index (χ4v) is 4.78. The summed E-state index contributed by atoms with van der Waals surface area (Å²) in [6.07, 6.45) is 7.07. The van der Waals surface area contributed by atoms with E-state index in [4.69, 9.17) is 4.74 Å². The van der Waals surface area contributed by atoms with Gasteiger partial charge in [0, 0.05) is 49.1 Å². The Bertz CT molecular complexity index is 1070. The highest BCUT2D eigenvalue weighted by molar-refractivity contribution is 7.90. The highest BCUT2D eigenvalue weighted by Crippen LogP contribution is 2.45. The van der Waals surface area contributed by atoms with E-state index >= 15 is 0 Å². The summed E-state index contributed by atoms with van der Waals surface area (Å²) in [4.78, 5) is 21.3. The molecule has 2 aromatic rings. The van der Waals surface area contributed by atoms with Crippen molar-refractivity contribution < 1.29 is 17.9 Å². The lowest BCUT2D eigenvalue weighted by atomic mass is 10.0. The predicted molar refractivity (Wildman–Crippen MR) is 128 cm³/mol. The maximum absolute atomic E-state index is 12.3. The summed E-state index contributed by atoms with van der Waals surface area (Å²) in [5.41, 5.74) is 3.04. The maximum Gasteiger partial charge on any atom is 0.409 e. The van der Waals surface area contributed by atoms with Crippen molar-refractivity contribution in [1.82, 2.24) is 14.8 Å². The van der Waals surface area contributed by atoms with Crippen molar-refractivity contribution in [3.63, 3.8) is 0 Å². The molecule has 0 atom stereocenters. The maximum atomic E-state index is 12.3. The number of hydrogen-bond acceptors (Lipinski definition) is 6. The Morgan fingerprint density at radius 2 is 1.82 bits per heavy atom. The SMILES string of the molecule is CN(Cc1ccc(-c2ccc(S(C)(=O)=O)cc2)nc1)C1CCN(C(=O)OCC2(C)CC2)CC1. The van der Waals surface area contributed by atoms with Crippen molar-refractivity contribution in [2.75, 3.05) is 33.0 Å². The van der Waals surface area contributed by atoms with Crippen LogP contribution in [-0.4, -0.2) is 68.3 Å². The molecule has 7 nitrogen and oxygen atoms in total. The van der Waals surface area contributed by atoms with E-state index in [2.05, 4.69) is 29.9 Å². The second kappa shape index (κ2) is 9.43. The number of sulfone groups is 1. The number of likely N-dealkylation sites (tertiary alicyclic amines) is 1. The minimum absolute atomic E-state index is 0.173. The van der Waals surface area contributed by atoms with Gasteiger partial charge in [0.2, 0.25) is 0 Å². The molecular weight excluding hydrogens is 438 g/mol. The van der Waals surface area contributed by atoms with Crippen molar-refractivity contribution in [3.8, 4) is 11.3 Å². The van der Waals surface area contributed by atoms with Crippen LogP contribution in [0.3, 0.4) is 0 Å². The highest BCUT2D eigenvalue weighted by Gasteiger charge is 2.39.